The number of nitrogen functional groups attached to an aromatic ring is 1. The van der Waals surface area contributed by atoms with Crippen LogP contribution in [0, 0.1) is 0 Å². The fourth-order valence-electron chi connectivity index (χ4n) is 1.80. The summed E-state index contributed by atoms with van der Waals surface area (Å²) in [4.78, 5) is 13.1. The summed E-state index contributed by atoms with van der Waals surface area (Å²) in [7, 11) is 0. The molecule has 0 spiro atoms. The number of hydrogen-bond donors (Lipinski definition) is 2. The van der Waals surface area contributed by atoms with E-state index in [1.807, 2.05) is 49.4 Å². The van der Waals surface area contributed by atoms with Gasteiger partial charge in [0.05, 0.1) is 12.3 Å². The van der Waals surface area contributed by atoms with Crippen molar-refractivity contribution < 1.29 is 9.53 Å². The molecule has 2 aromatic rings. The lowest BCUT2D eigenvalue weighted by molar-refractivity contribution is -0.114. The maximum absolute atomic E-state index is 11.0. The van der Waals surface area contributed by atoms with E-state index < -0.39 is 0 Å². The standard InChI is InChI=1S/C16H18N2O2S/c1-3-20-16-10-14(8-9-15(16)17)21-13-6-4-12(5-7-13)18-11(2)19/h4-10H,3,17H2,1-2H3,(H,18,19). The zero-order chi connectivity index (χ0) is 15.2. The molecule has 0 bridgehead atoms. The highest BCUT2D eigenvalue weighted by molar-refractivity contribution is 7.99. The molecule has 4 nitrogen and oxygen atoms in total. The van der Waals surface area contributed by atoms with Gasteiger partial charge in [0.1, 0.15) is 5.75 Å². The number of nitrogens with two attached hydrogens (primary N) is 1. The molecule has 5 heteroatoms. The average molecular weight is 302 g/mol. The molecule has 0 fully saturated rings. The number of carbonyl (C=O) groups excluding carboxylic acids is 1. The summed E-state index contributed by atoms with van der Waals surface area (Å²) in [6, 6.07) is 13.4. The molecule has 2 aromatic carbocycles. The molecular formula is C16H18N2O2S. The van der Waals surface area contributed by atoms with Gasteiger partial charge in [0, 0.05) is 22.4 Å². The first-order valence-corrected chi connectivity index (χ1v) is 7.48. The molecule has 21 heavy (non-hydrogen) atoms. The van der Waals surface area contributed by atoms with Crippen LogP contribution in [-0.2, 0) is 4.79 Å². The smallest absolute Gasteiger partial charge is 0.221 e. The number of rotatable bonds is 5. The Kier molecular flexibility index (Phi) is 5.11. The van der Waals surface area contributed by atoms with Crippen LogP contribution in [-0.4, -0.2) is 12.5 Å². The summed E-state index contributed by atoms with van der Waals surface area (Å²) in [6.07, 6.45) is 0. The van der Waals surface area contributed by atoms with Crippen molar-refractivity contribution in [1.82, 2.24) is 0 Å². The van der Waals surface area contributed by atoms with Crippen LogP contribution in [0.25, 0.3) is 0 Å². The van der Waals surface area contributed by atoms with Gasteiger partial charge in [-0.3, -0.25) is 4.79 Å². The largest absolute Gasteiger partial charge is 0.492 e. The van der Waals surface area contributed by atoms with E-state index in [4.69, 9.17) is 10.5 Å². The molecule has 0 heterocycles. The SMILES string of the molecule is CCOc1cc(Sc2ccc(NC(C)=O)cc2)ccc1N. The minimum absolute atomic E-state index is 0.0738. The lowest BCUT2D eigenvalue weighted by atomic mass is 10.3. The molecule has 0 atom stereocenters. The molecule has 110 valence electrons. The second-order valence-corrected chi connectivity index (χ2v) is 5.59. The zero-order valence-electron chi connectivity index (χ0n) is 12.1. The highest BCUT2D eigenvalue weighted by Gasteiger charge is 2.04. The van der Waals surface area contributed by atoms with E-state index in [-0.39, 0.29) is 5.91 Å². The highest BCUT2D eigenvalue weighted by Crippen LogP contribution is 2.33. The number of amides is 1. The van der Waals surface area contributed by atoms with E-state index in [2.05, 4.69) is 5.32 Å². The lowest BCUT2D eigenvalue weighted by Gasteiger charge is -2.09. The second kappa shape index (κ2) is 7.04. The Hall–Kier alpha value is -2.14. The predicted octanol–water partition coefficient (Wildman–Crippen LogP) is 3.78. The van der Waals surface area contributed by atoms with E-state index in [1.165, 1.54) is 6.92 Å². The minimum Gasteiger partial charge on any atom is -0.492 e. The van der Waals surface area contributed by atoms with Gasteiger partial charge in [-0.2, -0.15) is 0 Å². The molecule has 0 saturated carbocycles. The normalized spacial score (nSPS) is 10.2. The topological polar surface area (TPSA) is 64.3 Å². The fraction of sp³-hybridized carbons (Fsp3) is 0.188. The van der Waals surface area contributed by atoms with Gasteiger partial charge >= 0.3 is 0 Å². The van der Waals surface area contributed by atoms with Crippen molar-refractivity contribution in [1.29, 1.82) is 0 Å². The summed E-state index contributed by atoms with van der Waals surface area (Å²) in [5.74, 6) is 0.632. The van der Waals surface area contributed by atoms with Crippen molar-refractivity contribution in [3.05, 3.63) is 42.5 Å². The molecule has 3 N–H and O–H groups in total. The molecule has 0 aliphatic carbocycles. The molecule has 0 aromatic heterocycles. The Morgan fingerprint density at radius 1 is 1.19 bits per heavy atom. The third-order valence-corrected chi connectivity index (χ3v) is 3.69. The van der Waals surface area contributed by atoms with Crippen molar-refractivity contribution in [2.75, 3.05) is 17.7 Å². The fourth-order valence-corrected chi connectivity index (χ4v) is 2.65. The number of ether oxygens (including phenoxy) is 1. The quantitative estimate of drug-likeness (QED) is 0.825. The summed E-state index contributed by atoms with van der Waals surface area (Å²) in [6.45, 7) is 4.01. The van der Waals surface area contributed by atoms with Crippen LogP contribution < -0.4 is 15.8 Å². The summed E-state index contributed by atoms with van der Waals surface area (Å²) in [5.41, 5.74) is 7.29. The molecule has 0 saturated heterocycles. The number of anilines is 2. The number of benzene rings is 2. The Morgan fingerprint density at radius 2 is 1.86 bits per heavy atom. The van der Waals surface area contributed by atoms with Crippen molar-refractivity contribution >= 4 is 29.0 Å². The first-order chi connectivity index (χ1) is 10.1. The van der Waals surface area contributed by atoms with Gasteiger partial charge in [-0.05, 0) is 49.4 Å². The Labute approximate surface area is 128 Å². The molecule has 0 aliphatic rings. The van der Waals surface area contributed by atoms with Gasteiger partial charge in [-0.25, -0.2) is 0 Å². The van der Waals surface area contributed by atoms with E-state index >= 15 is 0 Å². The monoisotopic (exact) mass is 302 g/mol. The maximum atomic E-state index is 11.0. The van der Waals surface area contributed by atoms with Crippen molar-refractivity contribution in [3.63, 3.8) is 0 Å². The maximum Gasteiger partial charge on any atom is 0.221 e. The van der Waals surface area contributed by atoms with Crippen molar-refractivity contribution in [2.24, 2.45) is 0 Å². The first kappa shape index (κ1) is 15.3. The van der Waals surface area contributed by atoms with Gasteiger partial charge < -0.3 is 15.8 Å². The van der Waals surface area contributed by atoms with Gasteiger partial charge in [0.25, 0.3) is 0 Å². The van der Waals surface area contributed by atoms with E-state index in [9.17, 15) is 4.79 Å². The van der Waals surface area contributed by atoms with Gasteiger partial charge in [-0.1, -0.05) is 11.8 Å². The summed E-state index contributed by atoms with van der Waals surface area (Å²) in [5, 5.41) is 2.74. The van der Waals surface area contributed by atoms with Crippen LogP contribution in [0.2, 0.25) is 0 Å². The molecule has 0 aliphatic heterocycles. The van der Waals surface area contributed by atoms with E-state index in [1.54, 1.807) is 11.8 Å². The molecule has 1 amide bonds. The van der Waals surface area contributed by atoms with Gasteiger partial charge in [-0.15, -0.1) is 0 Å². The average Bonchev–Trinajstić information content (AvgIpc) is 2.44. The molecular weight excluding hydrogens is 284 g/mol. The number of carbonyl (C=O) groups is 1. The summed E-state index contributed by atoms with van der Waals surface area (Å²) < 4.78 is 5.49. The Morgan fingerprint density at radius 3 is 2.48 bits per heavy atom. The molecule has 2 rings (SSSR count). The predicted molar refractivity (Wildman–Crippen MR) is 86.9 cm³/mol. The highest BCUT2D eigenvalue weighted by atomic mass is 32.2. The Bertz CT molecular complexity index is 627. The van der Waals surface area contributed by atoms with Gasteiger partial charge in [0.15, 0.2) is 0 Å². The zero-order valence-corrected chi connectivity index (χ0v) is 12.9. The van der Waals surface area contributed by atoms with Crippen LogP contribution in [0.4, 0.5) is 11.4 Å². The second-order valence-electron chi connectivity index (χ2n) is 4.44. The van der Waals surface area contributed by atoms with Crippen LogP contribution >= 0.6 is 11.8 Å². The van der Waals surface area contributed by atoms with Crippen molar-refractivity contribution in [2.45, 2.75) is 23.6 Å². The van der Waals surface area contributed by atoms with Gasteiger partial charge in [0.2, 0.25) is 5.91 Å². The summed E-state index contributed by atoms with van der Waals surface area (Å²) >= 11 is 1.62. The van der Waals surface area contributed by atoms with Crippen LogP contribution in [0.5, 0.6) is 5.75 Å². The first-order valence-electron chi connectivity index (χ1n) is 6.66. The molecule has 0 radical (unpaired) electrons. The van der Waals surface area contributed by atoms with Crippen LogP contribution in [0.15, 0.2) is 52.3 Å². The van der Waals surface area contributed by atoms with E-state index in [0.717, 1.165) is 15.5 Å². The lowest BCUT2D eigenvalue weighted by Crippen LogP contribution is -2.05. The minimum atomic E-state index is -0.0738. The third kappa shape index (κ3) is 4.43. The van der Waals surface area contributed by atoms with Crippen LogP contribution in [0.3, 0.4) is 0 Å². The molecule has 0 unspecified atom stereocenters. The van der Waals surface area contributed by atoms with Crippen molar-refractivity contribution in [3.8, 4) is 5.75 Å². The third-order valence-electron chi connectivity index (χ3n) is 2.70. The Balaban J connectivity index is 2.10. The number of nitrogens with one attached hydrogen (secondary N) is 1. The van der Waals surface area contributed by atoms with Crippen LogP contribution in [0.1, 0.15) is 13.8 Å². The van der Waals surface area contributed by atoms with E-state index in [0.29, 0.717) is 18.0 Å². The number of hydrogen-bond acceptors (Lipinski definition) is 4.